The van der Waals surface area contributed by atoms with Crippen molar-refractivity contribution in [3.05, 3.63) is 35.6 Å². The summed E-state index contributed by atoms with van der Waals surface area (Å²) in [6, 6.07) is 6.55. The monoisotopic (exact) mass is 228 g/mol. The molecule has 0 aliphatic heterocycles. The Hall–Kier alpha value is -0.580. The Kier molecular flexibility index (Phi) is 5.08. The van der Waals surface area contributed by atoms with Crippen LogP contribution in [0, 0.1) is 5.82 Å². The average Bonchev–Trinajstić information content (AvgIpc) is 2.18. The zero-order valence-corrected chi connectivity index (χ0v) is 9.85. The van der Waals surface area contributed by atoms with E-state index in [0.29, 0.717) is 5.25 Å². The van der Waals surface area contributed by atoms with Gasteiger partial charge < -0.3 is 0 Å². The van der Waals surface area contributed by atoms with Gasteiger partial charge in [0, 0.05) is 5.75 Å². The highest BCUT2D eigenvalue weighted by atomic mass is 32.2. The number of hydrogen-bond donors (Lipinski definition) is 2. The first kappa shape index (κ1) is 12.5. The Bertz CT molecular complexity index is 304. The summed E-state index contributed by atoms with van der Waals surface area (Å²) in [6.45, 7) is 4.26. The summed E-state index contributed by atoms with van der Waals surface area (Å²) in [7, 11) is 0. The van der Waals surface area contributed by atoms with E-state index in [0.717, 1.165) is 11.3 Å². The highest BCUT2D eigenvalue weighted by Crippen LogP contribution is 2.20. The van der Waals surface area contributed by atoms with E-state index in [4.69, 9.17) is 5.84 Å². The Morgan fingerprint density at radius 3 is 2.73 bits per heavy atom. The van der Waals surface area contributed by atoms with Gasteiger partial charge in [-0.05, 0) is 22.9 Å². The number of rotatable bonds is 5. The molecule has 3 N–H and O–H groups in total. The van der Waals surface area contributed by atoms with Gasteiger partial charge in [0.2, 0.25) is 0 Å². The number of halogens is 1. The summed E-state index contributed by atoms with van der Waals surface area (Å²) in [6.07, 6.45) is 0. The van der Waals surface area contributed by atoms with Crippen molar-refractivity contribution < 1.29 is 4.39 Å². The number of nitrogens with two attached hydrogens (primary N) is 1. The van der Waals surface area contributed by atoms with E-state index in [1.807, 2.05) is 6.07 Å². The molecule has 0 heterocycles. The second kappa shape index (κ2) is 6.10. The summed E-state index contributed by atoms with van der Waals surface area (Å²) in [5, 5.41) is 0.550. The van der Waals surface area contributed by atoms with Crippen LogP contribution in [0.4, 0.5) is 4.39 Å². The van der Waals surface area contributed by atoms with Crippen molar-refractivity contribution in [1.29, 1.82) is 0 Å². The molecule has 0 radical (unpaired) electrons. The van der Waals surface area contributed by atoms with Crippen LogP contribution >= 0.6 is 11.8 Å². The molecule has 4 heteroatoms. The molecule has 0 fully saturated rings. The van der Waals surface area contributed by atoms with Gasteiger partial charge in [-0.1, -0.05) is 26.0 Å². The Morgan fingerprint density at radius 1 is 1.47 bits per heavy atom. The summed E-state index contributed by atoms with van der Waals surface area (Å²) < 4.78 is 13.0. The van der Waals surface area contributed by atoms with Gasteiger partial charge in [0.1, 0.15) is 5.82 Å². The lowest BCUT2D eigenvalue weighted by molar-refractivity contribution is 0.591. The van der Waals surface area contributed by atoms with Gasteiger partial charge in [-0.25, -0.2) is 4.39 Å². The normalized spacial score (nSPS) is 13.1. The Balaban J connectivity index is 2.65. The first-order valence-corrected chi connectivity index (χ1v) is 6.01. The molecular formula is C11H17FN2S. The lowest BCUT2D eigenvalue weighted by Crippen LogP contribution is -2.30. The van der Waals surface area contributed by atoms with Crippen LogP contribution in [0.1, 0.15) is 25.5 Å². The van der Waals surface area contributed by atoms with Gasteiger partial charge in [0.05, 0.1) is 6.04 Å². The molecule has 1 unspecified atom stereocenters. The molecule has 2 nitrogen and oxygen atoms in total. The standard InChI is InChI=1S/C11H17FN2S/c1-8(2)15-7-11(14-13)9-4-3-5-10(12)6-9/h3-6,8,11,14H,7,13H2,1-2H3. The molecule has 1 atom stereocenters. The first-order valence-electron chi connectivity index (χ1n) is 4.96. The first-order chi connectivity index (χ1) is 7.13. The predicted octanol–water partition coefficient (Wildman–Crippen LogP) is 2.47. The maximum Gasteiger partial charge on any atom is 0.123 e. The molecule has 1 aromatic rings. The van der Waals surface area contributed by atoms with E-state index in [9.17, 15) is 4.39 Å². The third-order valence-corrected chi connectivity index (χ3v) is 3.24. The lowest BCUT2D eigenvalue weighted by atomic mass is 10.1. The summed E-state index contributed by atoms with van der Waals surface area (Å²) >= 11 is 1.80. The molecule has 15 heavy (non-hydrogen) atoms. The number of nitrogens with one attached hydrogen (secondary N) is 1. The summed E-state index contributed by atoms with van der Waals surface area (Å²) in [4.78, 5) is 0. The maximum atomic E-state index is 13.0. The van der Waals surface area contributed by atoms with Crippen LogP contribution in [0.2, 0.25) is 0 Å². The quantitative estimate of drug-likeness (QED) is 0.600. The zero-order valence-electron chi connectivity index (χ0n) is 9.03. The predicted molar refractivity (Wildman–Crippen MR) is 64.1 cm³/mol. The second-order valence-electron chi connectivity index (χ2n) is 3.66. The average molecular weight is 228 g/mol. The van der Waals surface area contributed by atoms with Crippen LogP contribution in [-0.4, -0.2) is 11.0 Å². The molecule has 0 spiro atoms. The largest absolute Gasteiger partial charge is 0.271 e. The van der Waals surface area contributed by atoms with Gasteiger partial charge in [0.25, 0.3) is 0 Å². The number of hydrogen-bond acceptors (Lipinski definition) is 3. The minimum Gasteiger partial charge on any atom is -0.271 e. The number of thioether (sulfide) groups is 1. The van der Waals surface area contributed by atoms with Crippen LogP contribution in [-0.2, 0) is 0 Å². The van der Waals surface area contributed by atoms with Gasteiger partial charge in [-0.15, -0.1) is 0 Å². The van der Waals surface area contributed by atoms with Crippen LogP contribution < -0.4 is 11.3 Å². The van der Waals surface area contributed by atoms with Crippen molar-refractivity contribution in [2.75, 3.05) is 5.75 Å². The van der Waals surface area contributed by atoms with Gasteiger partial charge >= 0.3 is 0 Å². The minimum absolute atomic E-state index is 0.00750. The molecular weight excluding hydrogens is 211 g/mol. The zero-order chi connectivity index (χ0) is 11.3. The smallest absolute Gasteiger partial charge is 0.123 e. The van der Waals surface area contributed by atoms with E-state index in [1.165, 1.54) is 12.1 Å². The summed E-state index contributed by atoms with van der Waals surface area (Å²) in [5.74, 6) is 6.08. The van der Waals surface area contributed by atoms with Crippen molar-refractivity contribution in [1.82, 2.24) is 5.43 Å². The van der Waals surface area contributed by atoms with Crippen molar-refractivity contribution in [3.8, 4) is 0 Å². The molecule has 0 amide bonds. The van der Waals surface area contributed by atoms with Crippen LogP contribution in [0.15, 0.2) is 24.3 Å². The topological polar surface area (TPSA) is 38.0 Å². The van der Waals surface area contributed by atoms with Crippen LogP contribution in [0.5, 0.6) is 0 Å². The fraction of sp³-hybridized carbons (Fsp3) is 0.455. The third kappa shape index (κ3) is 4.20. The van der Waals surface area contributed by atoms with E-state index >= 15 is 0 Å². The number of benzene rings is 1. The number of hydrazine groups is 1. The Labute approximate surface area is 94.4 Å². The van der Waals surface area contributed by atoms with E-state index in [2.05, 4.69) is 19.3 Å². The van der Waals surface area contributed by atoms with Gasteiger partial charge in [-0.3, -0.25) is 11.3 Å². The highest BCUT2D eigenvalue weighted by molar-refractivity contribution is 7.99. The molecule has 0 aromatic heterocycles. The Morgan fingerprint density at radius 2 is 2.20 bits per heavy atom. The molecule has 1 rings (SSSR count). The fourth-order valence-electron chi connectivity index (χ4n) is 1.25. The van der Waals surface area contributed by atoms with E-state index in [1.54, 1.807) is 17.8 Å². The molecule has 84 valence electrons. The molecule has 0 aliphatic rings. The van der Waals surface area contributed by atoms with Crippen molar-refractivity contribution in [2.24, 2.45) is 5.84 Å². The molecule has 0 aliphatic carbocycles. The SMILES string of the molecule is CC(C)SCC(NN)c1cccc(F)c1. The molecule has 1 aromatic carbocycles. The van der Waals surface area contributed by atoms with E-state index < -0.39 is 0 Å². The van der Waals surface area contributed by atoms with Crippen molar-refractivity contribution >= 4 is 11.8 Å². The molecule has 0 saturated heterocycles. The van der Waals surface area contributed by atoms with Crippen LogP contribution in [0.3, 0.4) is 0 Å². The van der Waals surface area contributed by atoms with Crippen LogP contribution in [0.25, 0.3) is 0 Å². The maximum absolute atomic E-state index is 13.0. The van der Waals surface area contributed by atoms with Gasteiger partial charge in [0.15, 0.2) is 0 Å². The van der Waals surface area contributed by atoms with Crippen molar-refractivity contribution in [2.45, 2.75) is 25.1 Å². The fourth-order valence-corrected chi connectivity index (χ4v) is 2.12. The minimum atomic E-state index is -0.220. The molecule has 0 saturated carbocycles. The lowest BCUT2D eigenvalue weighted by Gasteiger charge is -2.17. The molecule has 0 bridgehead atoms. The third-order valence-electron chi connectivity index (χ3n) is 2.05. The van der Waals surface area contributed by atoms with E-state index in [-0.39, 0.29) is 11.9 Å². The summed E-state index contributed by atoms with van der Waals surface area (Å²) in [5.41, 5.74) is 3.61. The highest BCUT2D eigenvalue weighted by Gasteiger charge is 2.10. The van der Waals surface area contributed by atoms with Gasteiger partial charge in [-0.2, -0.15) is 11.8 Å². The second-order valence-corrected chi connectivity index (χ2v) is 5.27. The van der Waals surface area contributed by atoms with Crippen molar-refractivity contribution in [3.63, 3.8) is 0 Å².